The number of hydrogen-bond acceptors (Lipinski definition) is 5. The standard InChI is InChI=1S/C12H16N2O3/c1-13(5-6-15)9-3-4-10-11(7-9)17-12(8-16)14(10)2/h3-4,7-8,12,15H,5-6H2,1-2H3. The predicted octanol–water partition coefficient (Wildman–Crippen LogP) is 0.469. The molecule has 0 aromatic heterocycles. The van der Waals surface area contributed by atoms with Crippen LogP contribution in [0, 0.1) is 0 Å². The van der Waals surface area contributed by atoms with Gasteiger partial charge < -0.3 is 19.6 Å². The van der Waals surface area contributed by atoms with Crippen LogP contribution in [0.5, 0.6) is 5.75 Å². The topological polar surface area (TPSA) is 53.0 Å². The fraction of sp³-hybridized carbons (Fsp3) is 0.417. The van der Waals surface area contributed by atoms with Crippen LogP contribution in [0.4, 0.5) is 11.4 Å². The average Bonchev–Trinajstić information content (AvgIpc) is 2.66. The summed E-state index contributed by atoms with van der Waals surface area (Å²) in [5, 5.41) is 8.89. The van der Waals surface area contributed by atoms with Crippen LogP contribution in [-0.4, -0.2) is 44.9 Å². The quantitative estimate of drug-likeness (QED) is 0.770. The zero-order chi connectivity index (χ0) is 12.4. The molecule has 1 aliphatic heterocycles. The molecule has 1 heterocycles. The minimum Gasteiger partial charge on any atom is -0.461 e. The molecule has 2 rings (SSSR count). The molecule has 5 nitrogen and oxygen atoms in total. The van der Waals surface area contributed by atoms with Gasteiger partial charge in [-0.05, 0) is 12.1 Å². The summed E-state index contributed by atoms with van der Waals surface area (Å²) in [6.45, 7) is 0.664. The highest BCUT2D eigenvalue weighted by Crippen LogP contribution is 2.38. The number of rotatable bonds is 4. The summed E-state index contributed by atoms with van der Waals surface area (Å²) in [5.41, 5.74) is 1.86. The highest BCUT2D eigenvalue weighted by Gasteiger charge is 2.27. The van der Waals surface area contributed by atoms with Crippen molar-refractivity contribution in [2.75, 3.05) is 37.0 Å². The van der Waals surface area contributed by atoms with Gasteiger partial charge in [0.1, 0.15) is 5.75 Å². The van der Waals surface area contributed by atoms with Gasteiger partial charge in [0.15, 0.2) is 6.29 Å². The number of nitrogens with zero attached hydrogens (tertiary/aromatic N) is 2. The number of hydrogen-bond donors (Lipinski definition) is 1. The molecule has 0 bridgehead atoms. The SMILES string of the molecule is CN(CCO)c1ccc2c(c1)OC(C=O)N2C. The van der Waals surface area contributed by atoms with E-state index >= 15 is 0 Å². The highest BCUT2D eigenvalue weighted by atomic mass is 16.5. The number of fused-ring (bicyclic) bond motifs is 1. The van der Waals surface area contributed by atoms with Gasteiger partial charge in [-0.2, -0.15) is 0 Å². The molecule has 0 amide bonds. The maximum Gasteiger partial charge on any atom is 0.228 e. The number of carbonyl (C=O) groups is 1. The minimum atomic E-state index is -0.539. The molecule has 0 fully saturated rings. The van der Waals surface area contributed by atoms with E-state index < -0.39 is 6.23 Å². The van der Waals surface area contributed by atoms with Crippen LogP contribution in [0.15, 0.2) is 18.2 Å². The number of aldehydes is 1. The van der Waals surface area contributed by atoms with E-state index in [-0.39, 0.29) is 6.61 Å². The van der Waals surface area contributed by atoms with Crippen molar-refractivity contribution in [3.8, 4) is 5.75 Å². The van der Waals surface area contributed by atoms with Gasteiger partial charge in [-0.15, -0.1) is 0 Å². The molecular weight excluding hydrogens is 220 g/mol. The maximum absolute atomic E-state index is 10.8. The van der Waals surface area contributed by atoms with Crippen LogP contribution in [0.25, 0.3) is 0 Å². The van der Waals surface area contributed by atoms with Crippen molar-refractivity contribution in [2.24, 2.45) is 0 Å². The van der Waals surface area contributed by atoms with Crippen LogP contribution in [0.2, 0.25) is 0 Å². The molecule has 0 saturated heterocycles. The van der Waals surface area contributed by atoms with Crippen molar-refractivity contribution < 1.29 is 14.6 Å². The van der Waals surface area contributed by atoms with Crippen molar-refractivity contribution in [3.05, 3.63) is 18.2 Å². The average molecular weight is 236 g/mol. The van der Waals surface area contributed by atoms with Gasteiger partial charge in [-0.25, -0.2) is 0 Å². The third kappa shape index (κ3) is 2.06. The van der Waals surface area contributed by atoms with Crippen LogP contribution in [0.3, 0.4) is 0 Å². The molecule has 1 atom stereocenters. The smallest absolute Gasteiger partial charge is 0.228 e. The number of aliphatic hydroxyl groups excluding tert-OH is 1. The second-order valence-electron chi connectivity index (χ2n) is 4.05. The van der Waals surface area contributed by atoms with Crippen molar-refractivity contribution in [2.45, 2.75) is 6.23 Å². The Hall–Kier alpha value is -1.75. The molecule has 5 heteroatoms. The van der Waals surface area contributed by atoms with Crippen LogP contribution in [-0.2, 0) is 4.79 Å². The molecule has 1 unspecified atom stereocenters. The van der Waals surface area contributed by atoms with Gasteiger partial charge in [-0.3, -0.25) is 4.79 Å². The van der Waals surface area contributed by atoms with Crippen molar-refractivity contribution in [1.82, 2.24) is 0 Å². The predicted molar refractivity (Wildman–Crippen MR) is 65.7 cm³/mol. The molecule has 1 N–H and O–H groups in total. The molecule has 1 aromatic carbocycles. The number of benzene rings is 1. The van der Waals surface area contributed by atoms with E-state index in [2.05, 4.69) is 0 Å². The van der Waals surface area contributed by atoms with Crippen molar-refractivity contribution >= 4 is 17.7 Å². The number of aliphatic hydroxyl groups is 1. The van der Waals surface area contributed by atoms with E-state index in [0.717, 1.165) is 17.7 Å². The number of carbonyl (C=O) groups excluding carboxylic acids is 1. The zero-order valence-corrected chi connectivity index (χ0v) is 9.96. The Labute approximate surface area is 100 Å². The summed E-state index contributed by atoms with van der Waals surface area (Å²) in [4.78, 5) is 14.5. The van der Waals surface area contributed by atoms with E-state index in [9.17, 15) is 4.79 Å². The molecule has 1 aromatic rings. The molecule has 0 saturated carbocycles. The minimum absolute atomic E-state index is 0.102. The summed E-state index contributed by atoms with van der Waals surface area (Å²) < 4.78 is 5.51. The summed E-state index contributed by atoms with van der Waals surface area (Å²) >= 11 is 0. The fourth-order valence-corrected chi connectivity index (χ4v) is 1.87. The number of anilines is 2. The summed E-state index contributed by atoms with van der Waals surface area (Å²) in [6.07, 6.45) is 0.236. The Balaban J connectivity index is 2.25. The summed E-state index contributed by atoms with van der Waals surface area (Å²) in [5.74, 6) is 0.701. The Morgan fingerprint density at radius 3 is 3.00 bits per heavy atom. The third-order valence-corrected chi connectivity index (χ3v) is 2.95. The molecule has 0 spiro atoms. The fourth-order valence-electron chi connectivity index (χ4n) is 1.87. The molecule has 17 heavy (non-hydrogen) atoms. The summed E-state index contributed by atoms with van der Waals surface area (Å²) in [6, 6.07) is 5.74. The van der Waals surface area contributed by atoms with E-state index in [1.54, 1.807) is 4.90 Å². The monoisotopic (exact) mass is 236 g/mol. The van der Waals surface area contributed by atoms with Gasteiger partial charge >= 0.3 is 0 Å². The van der Waals surface area contributed by atoms with Gasteiger partial charge in [0.05, 0.1) is 12.3 Å². The van der Waals surface area contributed by atoms with Crippen molar-refractivity contribution in [1.29, 1.82) is 0 Å². The number of ether oxygens (including phenoxy) is 1. The van der Waals surface area contributed by atoms with Crippen LogP contribution < -0.4 is 14.5 Å². The molecule has 1 aliphatic rings. The first kappa shape index (κ1) is 11.7. The van der Waals surface area contributed by atoms with E-state index in [4.69, 9.17) is 9.84 Å². The highest BCUT2D eigenvalue weighted by molar-refractivity contribution is 5.75. The lowest BCUT2D eigenvalue weighted by Gasteiger charge is -2.18. The lowest BCUT2D eigenvalue weighted by molar-refractivity contribution is -0.113. The zero-order valence-electron chi connectivity index (χ0n) is 9.96. The van der Waals surface area contributed by atoms with Crippen LogP contribution >= 0.6 is 0 Å². The van der Waals surface area contributed by atoms with Gasteiger partial charge in [0.2, 0.25) is 6.23 Å². The van der Waals surface area contributed by atoms with Gasteiger partial charge in [-0.1, -0.05) is 0 Å². The van der Waals surface area contributed by atoms with Crippen molar-refractivity contribution in [3.63, 3.8) is 0 Å². The molecule has 0 aliphatic carbocycles. The Bertz CT molecular complexity index is 422. The van der Waals surface area contributed by atoms with E-state index in [1.165, 1.54) is 0 Å². The largest absolute Gasteiger partial charge is 0.461 e. The normalized spacial score (nSPS) is 17.6. The molecular formula is C12H16N2O3. The second kappa shape index (κ2) is 4.63. The third-order valence-electron chi connectivity index (χ3n) is 2.95. The Morgan fingerprint density at radius 2 is 2.35 bits per heavy atom. The van der Waals surface area contributed by atoms with E-state index in [0.29, 0.717) is 12.3 Å². The second-order valence-corrected chi connectivity index (χ2v) is 4.05. The number of likely N-dealkylation sites (N-methyl/N-ethyl adjacent to an activating group) is 2. The van der Waals surface area contributed by atoms with Gasteiger partial charge in [0, 0.05) is 32.4 Å². The lowest BCUT2D eigenvalue weighted by atomic mass is 10.2. The first-order valence-corrected chi connectivity index (χ1v) is 5.48. The van der Waals surface area contributed by atoms with E-state index in [1.807, 2.05) is 37.2 Å². The summed E-state index contributed by atoms with van der Waals surface area (Å²) in [7, 11) is 3.72. The molecule has 0 radical (unpaired) electrons. The maximum atomic E-state index is 10.8. The molecule has 92 valence electrons. The Morgan fingerprint density at radius 1 is 1.59 bits per heavy atom. The lowest BCUT2D eigenvalue weighted by Crippen LogP contribution is -2.31. The first-order chi connectivity index (χ1) is 8.17. The van der Waals surface area contributed by atoms with Gasteiger partial charge in [0.25, 0.3) is 0 Å². The first-order valence-electron chi connectivity index (χ1n) is 5.48. The van der Waals surface area contributed by atoms with Crippen LogP contribution in [0.1, 0.15) is 0 Å². The Kier molecular flexibility index (Phi) is 3.19.